The van der Waals surface area contributed by atoms with E-state index in [9.17, 15) is 13.2 Å². The van der Waals surface area contributed by atoms with Crippen molar-refractivity contribution in [3.8, 4) is 0 Å². The van der Waals surface area contributed by atoms with E-state index in [2.05, 4.69) is 0 Å². The van der Waals surface area contributed by atoms with E-state index in [4.69, 9.17) is 4.99 Å². The summed E-state index contributed by atoms with van der Waals surface area (Å²) in [5, 5.41) is 0. The van der Waals surface area contributed by atoms with E-state index in [0.717, 1.165) is 29.5 Å². The molecule has 6 nitrogen and oxygen atoms in total. The number of piperidine rings is 1. The SMILES string of the molecule is Cc1ccc(S(=O)(=O)N2CCC(C(=O)n3ccccc3=NC3CCCCC3)CC2)cc1C. The number of hydrogen-bond acceptors (Lipinski definition) is 4. The quantitative estimate of drug-likeness (QED) is 0.697. The number of pyridine rings is 1. The van der Waals surface area contributed by atoms with E-state index >= 15 is 0 Å². The molecule has 2 aliphatic rings. The van der Waals surface area contributed by atoms with Gasteiger partial charge in [-0.05, 0) is 74.9 Å². The van der Waals surface area contributed by atoms with Gasteiger partial charge in [0.2, 0.25) is 15.9 Å². The Balaban J connectivity index is 1.47. The number of benzene rings is 1. The van der Waals surface area contributed by atoms with E-state index in [-0.39, 0.29) is 17.9 Å². The Kier molecular flexibility index (Phi) is 6.96. The maximum Gasteiger partial charge on any atom is 0.243 e. The molecule has 1 aliphatic heterocycles. The molecule has 0 unspecified atom stereocenters. The highest BCUT2D eigenvalue weighted by atomic mass is 32.2. The van der Waals surface area contributed by atoms with Crippen LogP contribution in [-0.4, -0.2) is 42.3 Å². The fraction of sp³-hybridized carbons (Fsp3) is 0.520. The van der Waals surface area contributed by atoms with Crippen molar-refractivity contribution in [1.29, 1.82) is 0 Å². The van der Waals surface area contributed by atoms with Gasteiger partial charge in [-0.3, -0.25) is 14.4 Å². The Morgan fingerprint density at radius 1 is 0.938 bits per heavy atom. The summed E-state index contributed by atoms with van der Waals surface area (Å²) in [6, 6.07) is 11.2. The van der Waals surface area contributed by atoms with Crippen molar-refractivity contribution in [3.63, 3.8) is 0 Å². The molecule has 0 bridgehead atoms. The lowest BCUT2D eigenvalue weighted by atomic mass is 9.96. The monoisotopic (exact) mass is 455 g/mol. The zero-order chi connectivity index (χ0) is 22.7. The van der Waals surface area contributed by atoms with Gasteiger partial charge in [0.25, 0.3) is 0 Å². The van der Waals surface area contributed by atoms with Crippen LogP contribution in [0, 0.1) is 19.8 Å². The van der Waals surface area contributed by atoms with Crippen LogP contribution in [0.4, 0.5) is 0 Å². The molecule has 1 saturated heterocycles. The van der Waals surface area contributed by atoms with Crippen molar-refractivity contribution < 1.29 is 13.2 Å². The van der Waals surface area contributed by atoms with Crippen LogP contribution in [0.2, 0.25) is 0 Å². The summed E-state index contributed by atoms with van der Waals surface area (Å²) in [5.74, 6) is -0.183. The van der Waals surface area contributed by atoms with Gasteiger partial charge >= 0.3 is 0 Å². The molecule has 2 aromatic rings. The minimum Gasteiger partial charge on any atom is -0.274 e. The zero-order valence-corrected chi connectivity index (χ0v) is 19.9. The molecule has 4 rings (SSSR count). The highest BCUT2D eigenvalue weighted by molar-refractivity contribution is 7.89. The Morgan fingerprint density at radius 2 is 1.66 bits per heavy atom. The standard InChI is InChI=1S/C25H33N3O3S/c1-19-11-12-23(18-20(19)2)32(30,31)27-16-13-21(14-17-27)25(29)28-15-7-6-10-24(28)26-22-8-4-3-5-9-22/h6-7,10-12,15,18,21-22H,3-5,8-9,13-14,16-17H2,1-2H3. The molecule has 0 radical (unpaired) electrons. The van der Waals surface area contributed by atoms with Crippen LogP contribution >= 0.6 is 0 Å². The molecule has 0 atom stereocenters. The van der Waals surface area contributed by atoms with Crippen molar-refractivity contribution in [3.05, 3.63) is 59.2 Å². The van der Waals surface area contributed by atoms with Crippen molar-refractivity contribution >= 4 is 15.9 Å². The molecule has 0 spiro atoms. The second-order valence-electron chi connectivity index (χ2n) is 9.11. The number of carbonyl (C=O) groups excluding carboxylic acids is 1. The molecular weight excluding hydrogens is 422 g/mol. The van der Waals surface area contributed by atoms with E-state index in [1.54, 1.807) is 22.9 Å². The number of hydrogen-bond donors (Lipinski definition) is 0. The maximum atomic E-state index is 13.3. The highest BCUT2D eigenvalue weighted by Gasteiger charge is 2.32. The molecule has 172 valence electrons. The zero-order valence-electron chi connectivity index (χ0n) is 19.0. The van der Waals surface area contributed by atoms with Gasteiger partial charge in [-0.2, -0.15) is 4.31 Å². The van der Waals surface area contributed by atoms with Crippen LogP contribution in [0.3, 0.4) is 0 Å². The van der Waals surface area contributed by atoms with Crippen LogP contribution < -0.4 is 5.49 Å². The molecule has 1 aromatic heterocycles. The third kappa shape index (κ3) is 4.89. The summed E-state index contributed by atoms with van der Waals surface area (Å²) in [4.78, 5) is 18.5. The second-order valence-corrected chi connectivity index (χ2v) is 11.1. The Morgan fingerprint density at radius 3 is 2.34 bits per heavy atom. The summed E-state index contributed by atoms with van der Waals surface area (Å²) < 4.78 is 29.4. The predicted octanol–water partition coefficient (Wildman–Crippen LogP) is 4.08. The van der Waals surface area contributed by atoms with Crippen LogP contribution in [-0.2, 0) is 10.0 Å². The number of carbonyl (C=O) groups is 1. The lowest BCUT2D eigenvalue weighted by molar-refractivity contribution is 0.0780. The molecular formula is C25H33N3O3S. The molecule has 1 saturated carbocycles. The first-order valence-corrected chi connectivity index (χ1v) is 13.1. The molecule has 1 aliphatic carbocycles. The minimum atomic E-state index is -3.55. The van der Waals surface area contributed by atoms with Gasteiger partial charge < -0.3 is 0 Å². The van der Waals surface area contributed by atoms with Crippen molar-refractivity contribution in [2.24, 2.45) is 10.9 Å². The fourth-order valence-electron chi connectivity index (χ4n) is 4.69. The largest absolute Gasteiger partial charge is 0.274 e. The van der Waals surface area contributed by atoms with Crippen LogP contribution in [0.15, 0.2) is 52.5 Å². The lowest BCUT2D eigenvalue weighted by Gasteiger charge is -2.31. The summed E-state index contributed by atoms with van der Waals surface area (Å²) in [6.45, 7) is 4.60. The Hall–Kier alpha value is -2.25. The van der Waals surface area contributed by atoms with E-state index in [1.165, 1.54) is 23.6 Å². The number of aryl methyl sites for hydroxylation is 2. The average molecular weight is 456 g/mol. The molecule has 2 fully saturated rings. The highest BCUT2D eigenvalue weighted by Crippen LogP contribution is 2.26. The molecule has 32 heavy (non-hydrogen) atoms. The number of sulfonamides is 1. The first-order chi connectivity index (χ1) is 15.4. The molecule has 2 heterocycles. The van der Waals surface area contributed by atoms with Crippen molar-refractivity contribution in [2.45, 2.75) is 69.7 Å². The van der Waals surface area contributed by atoms with Crippen LogP contribution in [0.25, 0.3) is 0 Å². The van der Waals surface area contributed by atoms with Gasteiger partial charge in [-0.15, -0.1) is 0 Å². The third-order valence-corrected chi connectivity index (χ3v) is 8.78. The first-order valence-electron chi connectivity index (χ1n) is 11.7. The van der Waals surface area contributed by atoms with E-state index in [1.807, 2.05) is 38.1 Å². The lowest BCUT2D eigenvalue weighted by Crippen LogP contribution is -2.42. The second kappa shape index (κ2) is 9.71. The smallest absolute Gasteiger partial charge is 0.243 e. The molecule has 1 aromatic carbocycles. The summed E-state index contributed by atoms with van der Waals surface area (Å²) in [7, 11) is -3.55. The van der Waals surface area contributed by atoms with Gasteiger partial charge in [0.1, 0.15) is 5.49 Å². The van der Waals surface area contributed by atoms with Crippen molar-refractivity contribution in [1.82, 2.24) is 8.87 Å². The van der Waals surface area contributed by atoms with Gasteiger partial charge in [-0.25, -0.2) is 8.42 Å². The third-order valence-electron chi connectivity index (χ3n) is 6.88. The van der Waals surface area contributed by atoms with Gasteiger partial charge in [0.05, 0.1) is 10.9 Å². The van der Waals surface area contributed by atoms with E-state index in [0.29, 0.717) is 30.8 Å². The van der Waals surface area contributed by atoms with Crippen LogP contribution in [0.5, 0.6) is 0 Å². The van der Waals surface area contributed by atoms with Gasteiger partial charge in [-0.1, -0.05) is 31.4 Å². The molecule has 0 N–H and O–H groups in total. The summed E-state index contributed by atoms with van der Waals surface area (Å²) in [6.07, 6.45) is 8.66. The molecule has 0 amide bonds. The Bertz CT molecular complexity index is 1140. The maximum absolute atomic E-state index is 13.3. The summed E-state index contributed by atoms with van der Waals surface area (Å²) >= 11 is 0. The fourth-order valence-corrected chi connectivity index (χ4v) is 6.24. The molecule has 7 heteroatoms. The van der Waals surface area contributed by atoms with E-state index < -0.39 is 10.0 Å². The number of rotatable bonds is 4. The predicted molar refractivity (Wildman–Crippen MR) is 125 cm³/mol. The Labute approximate surface area is 191 Å². The van der Waals surface area contributed by atoms with Gasteiger partial charge in [0.15, 0.2) is 0 Å². The normalized spacial score (nSPS) is 19.9. The summed E-state index contributed by atoms with van der Waals surface area (Å²) in [5.41, 5.74) is 2.75. The minimum absolute atomic E-state index is 0.0170. The average Bonchev–Trinajstić information content (AvgIpc) is 2.81. The number of aromatic nitrogens is 1. The topological polar surface area (TPSA) is 71.7 Å². The van der Waals surface area contributed by atoms with Crippen molar-refractivity contribution in [2.75, 3.05) is 13.1 Å². The van der Waals surface area contributed by atoms with Crippen LogP contribution in [0.1, 0.15) is 60.9 Å². The first kappa shape index (κ1) is 22.9. The number of nitrogens with zero attached hydrogens (tertiary/aromatic N) is 3. The van der Waals surface area contributed by atoms with Gasteiger partial charge in [0, 0.05) is 25.2 Å².